The number of amides is 1. The highest BCUT2D eigenvalue weighted by Crippen LogP contribution is 2.26. The number of carbonyl (C=O) groups excluding carboxylic acids is 1. The van der Waals surface area contributed by atoms with E-state index < -0.39 is 0 Å². The number of thioether (sulfide) groups is 1. The molecular weight excluding hydrogens is 460 g/mol. The highest BCUT2D eigenvalue weighted by molar-refractivity contribution is 8.00. The predicted molar refractivity (Wildman–Crippen MR) is 139 cm³/mol. The van der Waals surface area contributed by atoms with E-state index in [-0.39, 0.29) is 28.3 Å². The molecule has 1 aromatic carbocycles. The molecule has 9 heteroatoms. The van der Waals surface area contributed by atoms with Crippen LogP contribution in [-0.4, -0.2) is 41.7 Å². The number of aromatic nitrogens is 5. The molecule has 0 saturated heterocycles. The lowest BCUT2D eigenvalue weighted by Crippen LogP contribution is -2.41. The third-order valence-electron chi connectivity index (χ3n) is 6.70. The van der Waals surface area contributed by atoms with Crippen molar-refractivity contribution in [1.29, 1.82) is 0 Å². The molecule has 1 aliphatic carbocycles. The maximum Gasteiger partial charge on any atom is 0.282 e. The van der Waals surface area contributed by atoms with Gasteiger partial charge in [-0.15, -0.1) is 0 Å². The van der Waals surface area contributed by atoms with Crippen LogP contribution in [0.1, 0.15) is 51.0 Å². The Labute approximate surface area is 208 Å². The summed E-state index contributed by atoms with van der Waals surface area (Å²) in [5.74, 6) is 0.0149. The number of benzene rings is 1. The van der Waals surface area contributed by atoms with Crippen LogP contribution in [0.4, 0.5) is 0 Å². The van der Waals surface area contributed by atoms with E-state index in [1.54, 1.807) is 4.57 Å². The van der Waals surface area contributed by atoms with E-state index in [9.17, 15) is 9.59 Å². The number of carbonyl (C=O) groups is 1. The predicted octanol–water partition coefficient (Wildman–Crippen LogP) is 4.23. The van der Waals surface area contributed by atoms with Crippen molar-refractivity contribution in [1.82, 2.24) is 29.8 Å². The Morgan fingerprint density at radius 1 is 1.20 bits per heavy atom. The first kappa shape index (κ1) is 23.5. The smallest absolute Gasteiger partial charge is 0.282 e. The van der Waals surface area contributed by atoms with Crippen LogP contribution in [0.25, 0.3) is 22.1 Å². The van der Waals surface area contributed by atoms with Gasteiger partial charge in [-0.05, 0) is 37.3 Å². The molecule has 3 heterocycles. The van der Waals surface area contributed by atoms with Crippen LogP contribution in [0.2, 0.25) is 0 Å². The quantitative estimate of drug-likeness (QED) is 0.283. The normalized spacial score (nSPS) is 15.5. The first-order chi connectivity index (χ1) is 17.1. The van der Waals surface area contributed by atoms with Gasteiger partial charge in [0.05, 0.1) is 5.25 Å². The molecule has 0 spiro atoms. The molecule has 1 atom stereocenters. The zero-order valence-electron chi connectivity index (χ0n) is 19.9. The van der Waals surface area contributed by atoms with Crippen molar-refractivity contribution >= 4 is 39.7 Å². The van der Waals surface area contributed by atoms with Gasteiger partial charge in [-0.25, -0.2) is 15.0 Å². The highest BCUT2D eigenvalue weighted by atomic mass is 32.2. The Morgan fingerprint density at radius 3 is 2.83 bits per heavy atom. The zero-order valence-corrected chi connectivity index (χ0v) is 20.7. The molecule has 3 aromatic heterocycles. The number of nitrogens with zero attached hydrogens (tertiary/aromatic N) is 4. The fourth-order valence-corrected chi connectivity index (χ4v) is 5.81. The SMILES string of the molecule is CC[C@H](Sc1nc2nccnc2c(=O)n1CCc1c[nH]c2ccccc12)C(=O)NC1CCCCC1. The summed E-state index contributed by atoms with van der Waals surface area (Å²) in [6.07, 6.45) is 11.9. The summed E-state index contributed by atoms with van der Waals surface area (Å²) in [4.78, 5) is 43.0. The summed E-state index contributed by atoms with van der Waals surface area (Å²) >= 11 is 1.35. The van der Waals surface area contributed by atoms with E-state index in [4.69, 9.17) is 0 Å². The second-order valence-corrected chi connectivity index (χ2v) is 10.2. The van der Waals surface area contributed by atoms with Gasteiger partial charge in [-0.3, -0.25) is 14.2 Å². The third-order valence-corrected chi connectivity index (χ3v) is 8.06. The molecule has 4 aromatic rings. The average molecular weight is 491 g/mol. The number of nitrogens with one attached hydrogen (secondary N) is 2. The van der Waals surface area contributed by atoms with Crippen molar-refractivity contribution in [2.75, 3.05) is 0 Å². The Balaban J connectivity index is 1.43. The van der Waals surface area contributed by atoms with Gasteiger partial charge in [0, 0.05) is 42.1 Å². The first-order valence-corrected chi connectivity index (χ1v) is 13.3. The van der Waals surface area contributed by atoms with Crippen LogP contribution in [0.3, 0.4) is 0 Å². The number of hydrogen-bond donors (Lipinski definition) is 2. The number of para-hydroxylation sites is 1. The lowest BCUT2D eigenvalue weighted by Gasteiger charge is -2.25. The first-order valence-electron chi connectivity index (χ1n) is 12.4. The van der Waals surface area contributed by atoms with Crippen molar-refractivity contribution in [2.45, 2.75) is 74.9 Å². The number of fused-ring (bicyclic) bond motifs is 2. The summed E-state index contributed by atoms with van der Waals surface area (Å²) in [5, 5.41) is 4.54. The van der Waals surface area contributed by atoms with Crippen LogP contribution < -0.4 is 10.9 Å². The molecule has 8 nitrogen and oxygen atoms in total. The van der Waals surface area contributed by atoms with Crippen molar-refractivity contribution in [2.24, 2.45) is 0 Å². The van der Waals surface area contributed by atoms with E-state index in [0.717, 1.165) is 42.1 Å². The molecule has 35 heavy (non-hydrogen) atoms. The number of hydrogen-bond acceptors (Lipinski definition) is 6. The largest absolute Gasteiger partial charge is 0.361 e. The minimum Gasteiger partial charge on any atom is -0.361 e. The summed E-state index contributed by atoms with van der Waals surface area (Å²) in [6, 6.07) is 8.36. The second kappa shape index (κ2) is 10.6. The van der Waals surface area contributed by atoms with E-state index in [1.807, 2.05) is 31.3 Å². The van der Waals surface area contributed by atoms with Gasteiger partial charge in [0.25, 0.3) is 5.56 Å². The number of H-pyrrole nitrogens is 1. The lowest BCUT2D eigenvalue weighted by molar-refractivity contribution is -0.121. The Morgan fingerprint density at radius 2 is 2.00 bits per heavy atom. The minimum absolute atomic E-state index is 0.0149. The molecule has 0 aliphatic heterocycles. The molecule has 5 rings (SSSR count). The summed E-state index contributed by atoms with van der Waals surface area (Å²) in [7, 11) is 0. The molecule has 1 saturated carbocycles. The maximum absolute atomic E-state index is 13.4. The van der Waals surface area contributed by atoms with Gasteiger partial charge in [-0.1, -0.05) is 56.1 Å². The number of rotatable bonds is 8. The average Bonchev–Trinajstić information content (AvgIpc) is 3.30. The Kier molecular flexibility index (Phi) is 7.13. The second-order valence-electron chi connectivity index (χ2n) is 9.05. The standard InChI is InChI=1S/C26H30N6O2S/c1-2-21(24(33)30-18-8-4-3-5-9-18)35-26-31-23-22(27-13-14-28-23)25(34)32(26)15-12-17-16-29-20-11-7-6-10-19(17)20/h6-7,10-11,13-14,16,18,21,29H,2-5,8-9,12,15H2,1H3,(H,30,33)/t21-/m0/s1. The summed E-state index contributed by atoms with van der Waals surface area (Å²) in [5.41, 5.74) is 2.52. The van der Waals surface area contributed by atoms with Gasteiger partial charge in [0.15, 0.2) is 16.3 Å². The number of aryl methyl sites for hydroxylation is 1. The molecule has 1 amide bonds. The molecule has 0 radical (unpaired) electrons. The fourth-order valence-electron chi connectivity index (χ4n) is 4.78. The molecule has 2 N–H and O–H groups in total. The van der Waals surface area contributed by atoms with Crippen LogP contribution >= 0.6 is 11.8 Å². The van der Waals surface area contributed by atoms with Gasteiger partial charge in [0.2, 0.25) is 5.91 Å². The Bertz CT molecular complexity index is 1390. The molecule has 1 aliphatic rings. The lowest BCUT2D eigenvalue weighted by atomic mass is 9.95. The number of aromatic amines is 1. The summed E-state index contributed by atoms with van der Waals surface area (Å²) < 4.78 is 1.65. The van der Waals surface area contributed by atoms with Crippen LogP contribution in [0, 0.1) is 0 Å². The fraction of sp³-hybridized carbons (Fsp3) is 0.423. The van der Waals surface area contributed by atoms with Crippen LogP contribution in [0.5, 0.6) is 0 Å². The summed E-state index contributed by atoms with van der Waals surface area (Å²) in [6.45, 7) is 2.43. The van der Waals surface area contributed by atoms with E-state index >= 15 is 0 Å². The maximum atomic E-state index is 13.4. The van der Waals surface area contributed by atoms with Gasteiger partial charge in [0.1, 0.15) is 0 Å². The monoisotopic (exact) mass is 490 g/mol. The Hall–Kier alpha value is -3.20. The zero-order chi connectivity index (χ0) is 24.2. The van der Waals surface area contributed by atoms with Crippen molar-refractivity contribution in [3.05, 3.63) is 58.8 Å². The highest BCUT2D eigenvalue weighted by Gasteiger charge is 2.25. The van der Waals surface area contributed by atoms with E-state index in [0.29, 0.717) is 30.2 Å². The molecule has 1 fully saturated rings. The van der Waals surface area contributed by atoms with Gasteiger partial charge >= 0.3 is 0 Å². The van der Waals surface area contributed by atoms with Crippen LogP contribution in [-0.2, 0) is 17.8 Å². The topological polar surface area (TPSA) is 106 Å². The van der Waals surface area contributed by atoms with Crippen LogP contribution in [0.15, 0.2) is 52.8 Å². The third kappa shape index (κ3) is 5.10. The van der Waals surface area contributed by atoms with Gasteiger partial charge < -0.3 is 10.3 Å². The molecule has 0 bridgehead atoms. The van der Waals surface area contributed by atoms with Crippen molar-refractivity contribution < 1.29 is 4.79 Å². The molecule has 182 valence electrons. The molecule has 0 unspecified atom stereocenters. The minimum atomic E-state index is -0.336. The molecular formula is C26H30N6O2S. The van der Waals surface area contributed by atoms with Crippen molar-refractivity contribution in [3.8, 4) is 0 Å². The van der Waals surface area contributed by atoms with Crippen molar-refractivity contribution in [3.63, 3.8) is 0 Å². The van der Waals surface area contributed by atoms with E-state index in [1.165, 1.54) is 30.6 Å². The van der Waals surface area contributed by atoms with Gasteiger partial charge in [-0.2, -0.15) is 0 Å². The van der Waals surface area contributed by atoms with E-state index in [2.05, 4.69) is 31.3 Å².